The van der Waals surface area contributed by atoms with Crippen LogP contribution in [0.15, 0.2) is 114 Å². The van der Waals surface area contributed by atoms with Gasteiger partial charge in [-0.25, -0.2) is 0 Å². The van der Waals surface area contributed by atoms with Crippen molar-refractivity contribution in [2.45, 2.75) is 13.3 Å². The molecule has 0 bridgehead atoms. The van der Waals surface area contributed by atoms with Crippen LogP contribution in [0.25, 0.3) is 28.1 Å². The molecule has 0 amide bonds. The zero-order chi connectivity index (χ0) is 21.9. The Labute approximate surface area is 197 Å². The molecule has 0 fully saturated rings. The van der Waals surface area contributed by atoms with Crippen molar-refractivity contribution in [3.05, 3.63) is 131 Å². The van der Waals surface area contributed by atoms with E-state index >= 15 is 0 Å². The number of hydrogen-bond donors (Lipinski definition) is 0. The van der Waals surface area contributed by atoms with Gasteiger partial charge in [0.05, 0.1) is 5.69 Å². The van der Waals surface area contributed by atoms with Gasteiger partial charge < -0.3 is 4.57 Å². The maximum absolute atomic E-state index is 4.76. The molecule has 32 heavy (non-hydrogen) atoms. The van der Waals surface area contributed by atoms with E-state index < -0.39 is 0 Å². The highest BCUT2D eigenvalue weighted by atomic mass is 79.9. The van der Waals surface area contributed by atoms with Gasteiger partial charge in [-0.15, -0.1) is 0 Å². The Kier molecular flexibility index (Phi) is 5.74. The Morgan fingerprint density at radius 1 is 0.812 bits per heavy atom. The van der Waals surface area contributed by atoms with Crippen LogP contribution in [0.1, 0.15) is 16.8 Å². The summed E-state index contributed by atoms with van der Waals surface area (Å²) in [4.78, 5) is 4.76. The Hall–Kier alpha value is -3.43. The van der Waals surface area contributed by atoms with Gasteiger partial charge in [0, 0.05) is 45.8 Å². The maximum atomic E-state index is 4.76. The van der Waals surface area contributed by atoms with Gasteiger partial charge in [-0.2, -0.15) is 0 Å². The largest absolute Gasteiger partial charge is 0.319 e. The monoisotopic (exact) mass is 478 g/mol. The normalized spacial score (nSPS) is 10.9. The lowest BCUT2D eigenvalue weighted by Gasteiger charge is -2.14. The van der Waals surface area contributed by atoms with Crippen molar-refractivity contribution >= 4 is 15.9 Å². The fraction of sp³-hybridized carbons (Fsp3) is 0.0690. The van der Waals surface area contributed by atoms with Crippen molar-refractivity contribution in [2.24, 2.45) is 0 Å². The van der Waals surface area contributed by atoms with E-state index in [1.54, 1.807) is 0 Å². The maximum Gasteiger partial charge on any atom is 0.0726 e. The van der Waals surface area contributed by atoms with Crippen LogP contribution in [0.2, 0.25) is 0 Å². The highest BCUT2D eigenvalue weighted by molar-refractivity contribution is 9.10. The first-order valence-corrected chi connectivity index (χ1v) is 11.5. The summed E-state index contributed by atoms with van der Waals surface area (Å²) in [5.74, 6) is 0. The number of aryl methyl sites for hydroxylation is 1. The Balaban J connectivity index is 1.82. The molecule has 156 valence electrons. The minimum atomic E-state index is 0.815. The number of halogens is 1. The van der Waals surface area contributed by atoms with Crippen molar-refractivity contribution in [2.75, 3.05) is 0 Å². The van der Waals surface area contributed by atoms with Gasteiger partial charge in [-0.1, -0.05) is 82.7 Å². The van der Waals surface area contributed by atoms with E-state index in [0.29, 0.717) is 0 Å². The summed E-state index contributed by atoms with van der Waals surface area (Å²) in [7, 11) is 0. The summed E-state index contributed by atoms with van der Waals surface area (Å²) in [5, 5.41) is 0. The molecule has 0 aliphatic rings. The molecule has 3 aromatic carbocycles. The summed E-state index contributed by atoms with van der Waals surface area (Å²) in [6, 6.07) is 33.9. The first kappa shape index (κ1) is 20.5. The number of rotatable bonds is 5. The highest BCUT2D eigenvalue weighted by Crippen LogP contribution is 2.39. The first-order chi connectivity index (χ1) is 15.7. The third-order valence-electron chi connectivity index (χ3n) is 5.75. The average molecular weight is 479 g/mol. The minimum absolute atomic E-state index is 0.815. The average Bonchev–Trinajstić information content (AvgIpc) is 3.19. The molecule has 0 saturated carbocycles. The first-order valence-electron chi connectivity index (χ1n) is 10.7. The van der Waals surface area contributed by atoms with E-state index in [2.05, 4.69) is 125 Å². The fourth-order valence-electron chi connectivity index (χ4n) is 4.25. The second-order valence-electron chi connectivity index (χ2n) is 7.91. The van der Waals surface area contributed by atoms with E-state index in [1.165, 1.54) is 39.2 Å². The Morgan fingerprint density at radius 3 is 2.22 bits per heavy atom. The summed E-state index contributed by atoms with van der Waals surface area (Å²) >= 11 is 3.61. The number of pyridine rings is 1. The molecule has 0 unspecified atom stereocenters. The second-order valence-corrected chi connectivity index (χ2v) is 8.82. The van der Waals surface area contributed by atoms with Gasteiger partial charge in [-0.3, -0.25) is 4.98 Å². The van der Waals surface area contributed by atoms with Crippen LogP contribution in [0.4, 0.5) is 0 Å². The van der Waals surface area contributed by atoms with Crippen LogP contribution in [-0.2, 0) is 6.42 Å². The molecular formula is C29H23BrN2. The molecule has 5 aromatic rings. The SMILES string of the molecule is Cc1cc(Br)ccc1-n1cc(-c2ccccc2)c(-c2ccccn2)c1Cc1ccccc1. The quantitative estimate of drug-likeness (QED) is 0.251. The van der Waals surface area contributed by atoms with Gasteiger partial charge >= 0.3 is 0 Å². The van der Waals surface area contributed by atoms with E-state index in [1.807, 2.05) is 12.3 Å². The number of benzene rings is 3. The second kappa shape index (κ2) is 8.97. The van der Waals surface area contributed by atoms with Gasteiger partial charge in [0.2, 0.25) is 0 Å². The predicted octanol–water partition coefficient (Wildman–Crippen LogP) is 7.87. The van der Waals surface area contributed by atoms with Gasteiger partial charge in [0.25, 0.3) is 0 Å². The molecule has 0 aliphatic heterocycles. The lowest BCUT2D eigenvalue weighted by molar-refractivity contribution is 0.950. The third kappa shape index (κ3) is 4.04. The topological polar surface area (TPSA) is 17.8 Å². The Morgan fingerprint density at radius 2 is 1.53 bits per heavy atom. The van der Waals surface area contributed by atoms with E-state index in [0.717, 1.165) is 16.6 Å². The molecule has 0 aliphatic carbocycles. The van der Waals surface area contributed by atoms with Gasteiger partial charge in [0.1, 0.15) is 0 Å². The molecule has 3 heteroatoms. The van der Waals surface area contributed by atoms with Crippen LogP contribution in [-0.4, -0.2) is 9.55 Å². The van der Waals surface area contributed by atoms with Crippen molar-refractivity contribution < 1.29 is 0 Å². The van der Waals surface area contributed by atoms with E-state index in [4.69, 9.17) is 4.98 Å². The molecule has 2 aromatic heterocycles. The summed E-state index contributed by atoms with van der Waals surface area (Å²) in [6.45, 7) is 2.16. The Bertz CT molecular complexity index is 1340. The smallest absolute Gasteiger partial charge is 0.0726 e. The highest BCUT2D eigenvalue weighted by Gasteiger charge is 2.21. The van der Waals surface area contributed by atoms with Crippen molar-refractivity contribution in [3.63, 3.8) is 0 Å². The standard InChI is InChI=1S/C29H23BrN2/c1-21-18-24(30)15-16-27(21)32-20-25(23-12-6-3-7-13-23)29(26-14-8-9-17-31-26)28(32)19-22-10-4-2-5-11-22/h2-18,20H,19H2,1H3. The summed E-state index contributed by atoms with van der Waals surface area (Å²) in [5.41, 5.74) is 9.47. The molecule has 0 N–H and O–H groups in total. The number of hydrogen-bond acceptors (Lipinski definition) is 1. The van der Waals surface area contributed by atoms with Crippen LogP contribution >= 0.6 is 15.9 Å². The molecule has 5 rings (SSSR count). The summed E-state index contributed by atoms with van der Waals surface area (Å²) < 4.78 is 3.44. The van der Waals surface area contributed by atoms with Crippen LogP contribution in [0, 0.1) is 6.92 Å². The number of nitrogens with zero attached hydrogens (tertiary/aromatic N) is 2. The number of aromatic nitrogens is 2. The lowest BCUT2D eigenvalue weighted by Crippen LogP contribution is -2.03. The molecule has 0 atom stereocenters. The zero-order valence-electron chi connectivity index (χ0n) is 17.9. The predicted molar refractivity (Wildman–Crippen MR) is 136 cm³/mol. The minimum Gasteiger partial charge on any atom is -0.319 e. The van der Waals surface area contributed by atoms with Crippen LogP contribution in [0.5, 0.6) is 0 Å². The molecule has 2 heterocycles. The van der Waals surface area contributed by atoms with Gasteiger partial charge in [-0.05, 0) is 53.9 Å². The summed E-state index contributed by atoms with van der Waals surface area (Å²) in [6.07, 6.45) is 4.96. The van der Waals surface area contributed by atoms with Gasteiger partial charge in [0.15, 0.2) is 0 Å². The molecule has 0 saturated heterocycles. The van der Waals surface area contributed by atoms with Crippen LogP contribution in [0.3, 0.4) is 0 Å². The van der Waals surface area contributed by atoms with Crippen molar-refractivity contribution in [3.8, 4) is 28.1 Å². The molecule has 0 spiro atoms. The van der Waals surface area contributed by atoms with E-state index in [-0.39, 0.29) is 0 Å². The van der Waals surface area contributed by atoms with Crippen molar-refractivity contribution in [1.82, 2.24) is 9.55 Å². The lowest BCUT2D eigenvalue weighted by atomic mass is 9.97. The molecule has 0 radical (unpaired) electrons. The molecular weight excluding hydrogens is 456 g/mol. The zero-order valence-corrected chi connectivity index (χ0v) is 19.5. The fourth-order valence-corrected chi connectivity index (χ4v) is 4.72. The van der Waals surface area contributed by atoms with E-state index in [9.17, 15) is 0 Å². The van der Waals surface area contributed by atoms with Crippen molar-refractivity contribution in [1.29, 1.82) is 0 Å². The third-order valence-corrected chi connectivity index (χ3v) is 6.24. The van der Waals surface area contributed by atoms with Crippen LogP contribution < -0.4 is 0 Å². The molecule has 2 nitrogen and oxygen atoms in total.